The van der Waals surface area contributed by atoms with Gasteiger partial charge in [0, 0.05) is 19.2 Å². The zero-order valence-corrected chi connectivity index (χ0v) is 19.8. The Bertz CT molecular complexity index is 934. The number of aliphatic hydroxyl groups is 1. The molecule has 0 saturated heterocycles. The van der Waals surface area contributed by atoms with Gasteiger partial charge in [0.15, 0.2) is 0 Å². The third-order valence-corrected chi connectivity index (χ3v) is 7.09. The Kier molecular flexibility index (Phi) is 8.57. The Morgan fingerprint density at radius 1 is 0.818 bits per heavy atom. The zero-order chi connectivity index (χ0) is 22.9. The molecule has 1 unspecified atom stereocenters. The van der Waals surface area contributed by atoms with Crippen molar-refractivity contribution in [2.24, 2.45) is 5.92 Å². The highest BCUT2D eigenvalue weighted by atomic mass is 16.5. The maximum atomic E-state index is 9.91. The van der Waals surface area contributed by atoms with E-state index in [-0.39, 0.29) is 6.61 Å². The monoisotopic (exact) mass is 443 g/mol. The molecule has 0 spiro atoms. The van der Waals surface area contributed by atoms with Crippen molar-refractivity contribution in [3.05, 3.63) is 102 Å². The molecule has 3 aromatic rings. The molecule has 0 radical (unpaired) electrons. The molecule has 4 rings (SSSR count). The van der Waals surface area contributed by atoms with E-state index in [9.17, 15) is 5.11 Å². The van der Waals surface area contributed by atoms with Crippen molar-refractivity contribution in [1.29, 1.82) is 0 Å². The summed E-state index contributed by atoms with van der Waals surface area (Å²) in [5, 5.41) is 9.91. The maximum Gasteiger partial charge on any atom is 0.119 e. The fraction of sp³-hybridized carbons (Fsp3) is 0.400. The number of rotatable bonds is 10. The van der Waals surface area contributed by atoms with Crippen molar-refractivity contribution >= 4 is 0 Å². The smallest absolute Gasteiger partial charge is 0.119 e. The predicted octanol–water partition coefficient (Wildman–Crippen LogP) is 6.07. The highest BCUT2D eigenvalue weighted by Gasteiger charge is 2.26. The molecule has 1 aliphatic rings. The Morgan fingerprint density at radius 2 is 1.42 bits per heavy atom. The number of hydrogen-bond donors (Lipinski definition) is 1. The summed E-state index contributed by atoms with van der Waals surface area (Å²) in [7, 11) is 2.23. The van der Waals surface area contributed by atoms with E-state index in [0.29, 0.717) is 24.5 Å². The molecular weight excluding hydrogens is 406 g/mol. The molecule has 1 saturated carbocycles. The molecular formula is C30H37NO2. The van der Waals surface area contributed by atoms with E-state index in [0.717, 1.165) is 18.7 Å². The van der Waals surface area contributed by atoms with Crippen molar-refractivity contribution in [3.63, 3.8) is 0 Å². The number of aliphatic hydroxyl groups excluding tert-OH is 1. The van der Waals surface area contributed by atoms with Gasteiger partial charge in [-0.15, -0.1) is 0 Å². The van der Waals surface area contributed by atoms with Crippen molar-refractivity contribution in [2.45, 2.75) is 50.7 Å². The zero-order valence-electron chi connectivity index (χ0n) is 19.8. The lowest BCUT2D eigenvalue weighted by molar-refractivity contribution is 0.127. The van der Waals surface area contributed by atoms with Crippen molar-refractivity contribution in [3.8, 4) is 5.75 Å². The quantitative estimate of drug-likeness (QED) is 0.412. The van der Waals surface area contributed by atoms with Gasteiger partial charge in [-0.2, -0.15) is 0 Å². The Hall–Kier alpha value is -2.62. The van der Waals surface area contributed by atoms with Crippen LogP contribution in [-0.2, 0) is 13.0 Å². The van der Waals surface area contributed by atoms with Crippen LogP contribution in [0, 0.1) is 5.92 Å². The van der Waals surface area contributed by atoms with E-state index >= 15 is 0 Å². The Morgan fingerprint density at radius 3 is 2.03 bits per heavy atom. The van der Waals surface area contributed by atoms with Crippen LogP contribution in [0.4, 0.5) is 0 Å². The average Bonchev–Trinajstić information content (AvgIpc) is 2.88. The van der Waals surface area contributed by atoms with Crippen LogP contribution in [-0.4, -0.2) is 36.2 Å². The minimum atomic E-state index is 0.243. The van der Waals surface area contributed by atoms with Crippen LogP contribution >= 0.6 is 0 Å². The number of ether oxygens (including phenoxy) is 1. The van der Waals surface area contributed by atoms with Crippen molar-refractivity contribution in [1.82, 2.24) is 4.90 Å². The first kappa shape index (κ1) is 23.5. The summed E-state index contributed by atoms with van der Waals surface area (Å²) in [5.74, 6) is 1.86. The number of hydrogen-bond acceptors (Lipinski definition) is 3. The molecule has 3 aromatic carbocycles. The largest absolute Gasteiger partial charge is 0.489 e. The van der Waals surface area contributed by atoms with Crippen LogP contribution in [0.15, 0.2) is 84.9 Å². The minimum absolute atomic E-state index is 0.243. The van der Waals surface area contributed by atoms with Gasteiger partial charge in [-0.25, -0.2) is 0 Å². The molecule has 1 atom stereocenters. The fourth-order valence-corrected chi connectivity index (χ4v) is 5.12. The van der Waals surface area contributed by atoms with Crippen molar-refractivity contribution < 1.29 is 9.84 Å². The van der Waals surface area contributed by atoms with E-state index in [1.807, 2.05) is 24.3 Å². The Labute approximate surface area is 199 Å². The summed E-state index contributed by atoms with van der Waals surface area (Å²) < 4.78 is 5.95. The summed E-state index contributed by atoms with van der Waals surface area (Å²) in [6.45, 7) is 1.80. The maximum absolute atomic E-state index is 9.91. The number of nitrogens with zero attached hydrogens (tertiary/aromatic N) is 1. The first-order chi connectivity index (χ1) is 16.2. The van der Waals surface area contributed by atoms with Gasteiger partial charge < -0.3 is 14.7 Å². The summed E-state index contributed by atoms with van der Waals surface area (Å²) in [4.78, 5) is 2.49. The third kappa shape index (κ3) is 6.93. The SMILES string of the molecule is CN(CC(CO)Cc1ccccc1)C1CCC(c2ccc(OCc3ccccc3)cc2)CC1. The molecule has 1 N–H and O–H groups in total. The van der Waals surface area contributed by atoms with Crippen LogP contribution in [0.3, 0.4) is 0 Å². The average molecular weight is 444 g/mol. The molecule has 0 bridgehead atoms. The lowest BCUT2D eigenvalue weighted by Gasteiger charge is -2.36. The van der Waals surface area contributed by atoms with E-state index in [2.05, 4.69) is 72.6 Å². The summed E-state index contributed by atoms with van der Waals surface area (Å²) in [6, 6.07) is 30.2. The first-order valence-corrected chi connectivity index (χ1v) is 12.3. The van der Waals surface area contributed by atoms with Gasteiger partial charge in [-0.05, 0) is 79.8 Å². The lowest BCUT2D eigenvalue weighted by Crippen LogP contribution is -2.39. The molecule has 1 fully saturated rings. The Balaban J connectivity index is 1.23. The normalized spacial score (nSPS) is 19.4. The number of benzene rings is 3. The van der Waals surface area contributed by atoms with Crippen LogP contribution < -0.4 is 4.74 Å². The topological polar surface area (TPSA) is 32.7 Å². The molecule has 3 nitrogen and oxygen atoms in total. The van der Waals surface area contributed by atoms with Gasteiger partial charge in [0.2, 0.25) is 0 Å². The van der Waals surface area contributed by atoms with Crippen LogP contribution in [0.1, 0.15) is 48.3 Å². The van der Waals surface area contributed by atoms with Gasteiger partial charge in [-0.1, -0.05) is 72.8 Å². The molecule has 0 aromatic heterocycles. The first-order valence-electron chi connectivity index (χ1n) is 12.3. The molecule has 0 heterocycles. The molecule has 33 heavy (non-hydrogen) atoms. The summed E-state index contributed by atoms with van der Waals surface area (Å²) >= 11 is 0. The van der Waals surface area contributed by atoms with E-state index in [4.69, 9.17) is 4.74 Å². The van der Waals surface area contributed by atoms with Gasteiger partial charge >= 0.3 is 0 Å². The predicted molar refractivity (Wildman–Crippen MR) is 136 cm³/mol. The van der Waals surface area contributed by atoms with E-state index in [1.165, 1.54) is 42.4 Å². The van der Waals surface area contributed by atoms with Crippen LogP contribution in [0.2, 0.25) is 0 Å². The minimum Gasteiger partial charge on any atom is -0.489 e. The second-order valence-electron chi connectivity index (χ2n) is 9.53. The van der Waals surface area contributed by atoms with E-state index in [1.54, 1.807) is 0 Å². The van der Waals surface area contributed by atoms with Gasteiger partial charge in [-0.3, -0.25) is 0 Å². The summed E-state index contributed by atoms with van der Waals surface area (Å²) in [5.41, 5.74) is 3.93. The highest BCUT2D eigenvalue weighted by Crippen LogP contribution is 2.35. The van der Waals surface area contributed by atoms with Crippen molar-refractivity contribution in [2.75, 3.05) is 20.2 Å². The summed E-state index contributed by atoms with van der Waals surface area (Å²) in [6.07, 6.45) is 5.83. The second-order valence-corrected chi connectivity index (χ2v) is 9.53. The molecule has 1 aliphatic carbocycles. The third-order valence-electron chi connectivity index (χ3n) is 7.09. The fourth-order valence-electron chi connectivity index (χ4n) is 5.12. The lowest BCUT2D eigenvalue weighted by atomic mass is 9.81. The van der Waals surface area contributed by atoms with Crippen LogP contribution in [0.5, 0.6) is 5.75 Å². The second kappa shape index (κ2) is 12.0. The highest BCUT2D eigenvalue weighted by molar-refractivity contribution is 5.30. The molecule has 0 aliphatic heterocycles. The standard InChI is InChI=1S/C30H37NO2/c1-31(21-26(22-32)20-24-8-4-2-5-9-24)29-16-12-27(13-17-29)28-14-18-30(19-15-28)33-23-25-10-6-3-7-11-25/h2-11,14-15,18-19,26-27,29,32H,12-13,16-17,20-23H2,1H3. The van der Waals surface area contributed by atoms with Gasteiger partial charge in [0.25, 0.3) is 0 Å². The molecule has 3 heteroatoms. The van der Waals surface area contributed by atoms with E-state index < -0.39 is 0 Å². The van der Waals surface area contributed by atoms with Crippen LogP contribution in [0.25, 0.3) is 0 Å². The molecule has 0 amide bonds. The molecule has 174 valence electrons. The van der Waals surface area contributed by atoms with Gasteiger partial charge in [0.05, 0.1) is 0 Å². The van der Waals surface area contributed by atoms with Gasteiger partial charge in [0.1, 0.15) is 12.4 Å².